The predicted molar refractivity (Wildman–Crippen MR) is 68.7 cm³/mol. The number of aromatic amines is 1. The third-order valence-electron chi connectivity index (χ3n) is 3.75. The molecule has 5 nitrogen and oxygen atoms in total. The molecule has 3 heterocycles. The Morgan fingerprint density at radius 3 is 2.70 bits per heavy atom. The monoisotopic (exact) mass is 285 g/mol. The lowest BCUT2D eigenvalue weighted by atomic mass is 9.85. The highest BCUT2D eigenvalue weighted by atomic mass is 19.4. The average Bonchev–Trinajstić information content (AvgIpc) is 3.04. The van der Waals surface area contributed by atoms with Gasteiger partial charge in [-0.15, -0.1) is 0 Å². The molecule has 1 aliphatic rings. The van der Waals surface area contributed by atoms with Crippen LogP contribution in [0.1, 0.15) is 12.2 Å². The van der Waals surface area contributed by atoms with Crippen LogP contribution in [0, 0.1) is 0 Å². The number of nitrogens with one attached hydrogen (secondary N) is 3. The number of alkyl halides is 3. The van der Waals surface area contributed by atoms with Crippen molar-refractivity contribution >= 4 is 17.0 Å². The first-order valence-electron chi connectivity index (χ1n) is 6.29. The fraction of sp³-hybridized carbons (Fsp3) is 0.500. The molecule has 0 aromatic carbocycles. The van der Waals surface area contributed by atoms with Gasteiger partial charge in [0.15, 0.2) is 5.65 Å². The van der Waals surface area contributed by atoms with Gasteiger partial charge in [0.1, 0.15) is 17.1 Å². The molecule has 2 aromatic heterocycles. The summed E-state index contributed by atoms with van der Waals surface area (Å²) in [5.74, 6) is 0.506. The normalized spacial score (nSPS) is 23.4. The molecule has 0 aliphatic carbocycles. The summed E-state index contributed by atoms with van der Waals surface area (Å²) in [5, 5.41) is 5.61. The van der Waals surface area contributed by atoms with Crippen molar-refractivity contribution in [2.75, 3.05) is 25.5 Å². The lowest BCUT2D eigenvalue weighted by molar-refractivity contribution is -0.186. The number of aromatic nitrogens is 3. The first-order chi connectivity index (χ1) is 9.46. The van der Waals surface area contributed by atoms with Crippen LogP contribution < -0.4 is 10.6 Å². The number of anilines is 1. The molecule has 3 N–H and O–H groups in total. The Balaban J connectivity index is 2.12. The zero-order valence-electron chi connectivity index (χ0n) is 10.8. The van der Waals surface area contributed by atoms with Crippen molar-refractivity contribution in [1.82, 2.24) is 20.3 Å². The van der Waals surface area contributed by atoms with Gasteiger partial charge in [-0.25, -0.2) is 9.97 Å². The number of nitrogens with zero attached hydrogens (tertiary/aromatic N) is 2. The van der Waals surface area contributed by atoms with Crippen molar-refractivity contribution in [3.05, 3.63) is 18.0 Å². The van der Waals surface area contributed by atoms with Gasteiger partial charge in [0.25, 0.3) is 0 Å². The Bertz CT molecular complexity index is 628. The number of fused-ring (bicyclic) bond motifs is 1. The van der Waals surface area contributed by atoms with E-state index >= 15 is 0 Å². The molecule has 20 heavy (non-hydrogen) atoms. The van der Waals surface area contributed by atoms with Crippen molar-refractivity contribution in [1.29, 1.82) is 0 Å². The number of hydrogen-bond acceptors (Lipinski definition) is 4. The predicted octanol–water partition coefficient (Wildman–Crippen LogP) is 1.79. The van der Waals surface area contributed by atoms with Gasteiger partial charge >= 0.3 is 6.18 Å². The van der Waals surface area contributed by atoms with E-state index in [1.807, 2.05) is 0 Å². The molecular weight excluding hydrogens is 271 g/mol. The zero-order valence-corrected chi connectivity index (χ0v) is 10.8. The maximum absolute atomic E-state index is 13.4. The van der Waals surface area contributed by atoms with E-state index in [0.29, 0.717) is 23.5 Å². The van der Waals surface area contributed by atoms with Crippen LogP contribution in [0.4, 0.5) is 19.0 Å². The number of pyridine rings is 1. The van der Waals surface area contributed by atoms with Gasteiger partial charge in [-0.1, -0.05) is 0 Å². The van der Waals surface area contributed by atoms with Gasteiger partial charge in [-0.3, -0.25) is 0 Å². The van der Waals surface area contributed by atoms with Gasteiger partial charge in [0.05, 0.1) is 5.52 Å². The van der Waals surface area contributed by atoms with Crippen LogP contribution in [0.2, 0.25) is 0 Å². The van der Waals surface area contributed by atoms with E-state index in [0.717, 1.165) is 0 Å². The van der Waals surface area contributed by atoms with Crippen molar-refractivity contribution in [3.8, 4) is 0 Å². The fourth-order valence-corrected chi connectivity index (χ4v) is 2.53. The van der Waals surface area contributed by atoms with Crippen molar-refractivity contribution in [2.45, 2.75) is 18.0 Å². The van der Waals surface area contributed by atoms with E-state index in [2.05, 4.69) is 25.6 Å². The highest BCUT2D eigenvalue weighted by Gasteiger charge is 2.59. The van der Waals surface area contributed by atoms with Crippen molar-refractivity contribution in [3.63, 3.8) is 0 Å². The summed E-state index contributed by atoms with van der Waals surface area (Å²) < 4.78 is 40.3. The number of H-pyrrole nitrogens is 1. The molecular formula is C12H14F3N5. The second-order valence-electron chi connectivity index (χ2n) is 4.91. The number of hydrogen-bond donors (Lipinski definition) is 3. The first kappa shape index (κ1) is 13.2. The molecule has 2 aromatic rings. The Kier molecular flexibility index (Phi) is 2.86. The number of halogens is 3. The molecule has 108 valence electrons. The summed E-state index contributed by atoms with van der Waals surface area (Å²) in [6, 6.07) is 3.37. The standard InChI is InChI=1S/C12H14F3N5/c1-16-8-3-2-7-9(19-8)20-10(18-7)11(12(13,14)15)4-5-17-6-11/h2-3,17H,4-6H2,1H3,(H2,16,18,19,20). The largest absolute Gasteiger partial charge is 0.402 e. The van der Waals surface area contributed by atoms with Crippen molar-refractivity contribution in [2.24, 2.45) is 0 Å². The molecule has 1 saturated heterocycles. The first-order valence-corrected chi connectivity index (χ1v) is 6.29. The minimum Gasteiger partial charge on any atom is -0.373 e. The maximum atomic E-state index is 13.4. The molecule has 0 spiro atoms. The molecule has 1 atom stereocenters. The van der Waals surface area contributed by atoms with Crippen LogP contribution in [0.25, 0.3) is 11.2 Å². The molecule has 1 fully saturated rings. The van der Waals surface area contributed by atoms with E-state index in [9.17, 15) is 13.2 Å². The van der Waals surface area contributed by atoms with Crippen LogP contribution in [0.3, 0.4) is 0 Å². The van der Waals surface area contributed by atoms with E-state index in [1.165, 1.54) is 0 Å². The minimum absolute atomic E-state index is 0.0186. The van der Waals surface area contributed by atoms with E-state index < -0.39 is 11.6 Å². The van der Waals surface area contributed by atoms with Gasteiger partial charge in [-0.2, -0.15) is 13.2 Å². The minimum atomic E-state index is -4.35. The smallest absolute Gasteiger partial charge is 0.373 e. The molecule has 0 bridgehead atoms. The fourth-order valence-electron chi connectivity index (χ4n) is 2.53. The SMILES string of the molecule is CNc1ccc2[nH]c(C3(C(F)(F)F)CCNC3)nc2n1. The summed E-state index contributed by atoms with van der Waals surface area (Å²) in [4.78, 5) is 11.0. The summed E-state index contributed by atoms with van der Waals surface area (Å²) >= 11 is 0. The summed E-state index contributed by atoms with van der Waals surface area (Å²) in [6.07, 6.45) is -4.37. The second-order valence-corrected chi connectivity index (χ2v) is 4.91. The summed E-state index contributed by atoms with van der Waals surface area (Å²) in [6.45, 7) is 0.168. The number of imidazole rings is 1. The van der Waals surface area contributed by atoms with Crippen LogP contribution in [0.15, 0.2) is 12.1 Å². The Hall–Kier alpha value is -1.83. The van der Waals surface area contributed by atoms with Gasteiger partial charge in [-0.05, 0) is 25.1 Å². The molecule has 0 radical (unpaired) electrons. The Morgan fingerprint density at radius 2 is 2.10 bits per heavy atom. The van der Waals surface area contributed by atoms with Gasteiger partial charge < -0.3 is 15.6 Å². The third-order valence-corrected chi connectivity index (χ3v) is 3.75. The molecule has 8 heteroatoms. The van der Waals surface area contributed by atoms with Crippen LogP contribution in [-0.4, -0.2) is 41.3 Å². The van der Waals surface area contributed by atoms with Crippen molar-refractivity contribution < 1.29 is 13.2 Å². The molecule has 0 amide bonds. The topological polar surface area (TPSA) is 65.6 Å². The Labute approximate surface area is 113 Å². The summed E-state index contributed by atoms with van der Waals surface area (Å²) in [7, 11) is 1.69. The van der Waals surface area contributed by atoms with E-state index in [4.69, 9.17) is 0 Å². The average molecular weight is 285 g/mol. The Morgan fingerprint density at radius 1 is 1.30 bits per heavy atom. The van der Waals surface area contributed by atoms with Crippen LogP contribution in [-0.2, 0) is 5.41 Å². The highest BCUT2D eigenvalue weighted by molar-refractivity contribution is 5.73. The lowest BCUT2D eigenvalue weighted by Crippen LogP contribution is -2.45. The third kappa shape index (κ3) is 1.82. The molecule has 0 saturated carbocycles. The quantitative estimate of drug-likeness (QED) is 0.787. The zero-order chi connectivity index (χ0) is 14.4. The van der Waals surface area contributed by atoms with E-state index in [-0.39, 0.29) is 18.8 Å². The number of rotatable bonds is 2. The van der Waals surface area contributed by atoms with Crippen LogP contribution >= 0.6 is 0 Å². The highest BCUT2D eigenvalue weighted by Crippen LogP contribution is 2.44. The van der Waals surface area contributed by atoms with E-state index in [1.54, 1.807) is 19.2 Å². The van der Waals surface area contributed by atoms with Gasteiger partial charge in [0, 0.05) is 13.6 Å². The maximum Gasteiger partial charge on any atom is 0.402 e. The molecule has 3 rings (SSSR count). The molecule has 1 aliphatic heterocycles. The molecule has 1 unspecified atom stereocenters. The summed E-state index contributed by atoms with van der Waals surface area (Å²) in [5.41, 5.74) is -1.15. The van der Waals surface area contributed by atoms with Gasteiger partial charge in [0.2, 0.25) is 0 Å². The second kappa shape index (κ2) is 4.34. The van der Waals surface area contributed by atoms with Crippen LogP contribution in [0.5, 0.6) is 0 Å². The lowest BCUT2D eigenvalue weighted by Gasteiger charge is -2.28.